The lowest BCUT2D eigenvalue weighted by Crippen LogP contribution is -2.27. The van der Waals surface area contributed by atoms with Crippen molar-refractivity contribution in [3.8, 4) is 0 Å². The molecule has 2 aromatic rings. The molecule has 94 valence electrons. The van der Waals surface area contributed by atoms with Crippen molar-refractivity contribution in [3.63, 3.8) is 0 Å². The summed E-state index contributed by atoms with van der Waals surface area (Å²) in [4.78, 5) is 27.3. The summed E-state index contributed by atoms with van der Waals surface area (Å²) < 4.78 is 6.09. The Balaban J connectivity index is 2.11. The number of hydrogen-bond donors (Lipinski definition) is 1. The minimum absolute atomic E-state index is 0.0430. The molecule has 1 N–H and O–H groups in total. The summed E-state index contributed by atoms with van der Waals surface area (Å²) in [5.74, 6) is -0.439. The van der Waals surface area contributed by atoms with Crippen LogP contribution in [0.25, 0.3) is 0 Å². The van der Waals surface area contributed by atoms with Gasteiger partial charge in [0.25, 0.3) is 5.91 Å². The van der Waals surface area contributed by atoms with Crippen LogP contribution < -0.4 is 10.9 Å². The fraction of sp³-hybridized carbons (Fsp3) is 0.250. The highest BCUT2D eigenvalue weighted by Gasteiger charge is 2.18. The van der Waals surface area contributed by atoms with Crippen LogP contribution in [-0.2, 0) is 13.6 Å². The Kier molecular flexibility index (Phi) is 3.27. The third-order valence-electron chi connectivity index (χ3n) is 2.66. The molecular weight excluding hydrogens is 234 g/mol. The number of aryl methyl sites for hydroxylation is 1. The third kappa shape index (κ3) is 2.32. The fourth-order valence-electron chi connectivity index (χ4n) is 1.57. The zero-order valence-corrected chi connectivity index (χ0v) is 10.1. The molecule has 6 heteroatoms. The highest BCUT2D eigenvalue weighted by molar-refractivity contribution is 5.94. The molecule has 0 aromatic carbocycles. The first-order valence-electron chi connectivity index (χ1n) is 5.43. The molecule has 0 bridgehead atoms. The summed E-state index contributed by atoms with van der Waals surface area (Å²) in [6.45, 7) is 1.98. The molecule has 0 saturated carbocycles. The SMILES string of the molecule is Cc1c(C(=O)NCc2cccnc2)c(=O)on1C. The van der Waals surface area contributed by atoms with Gasteiger partial charge in [-0.05, 0) is 18.6 Å². The normalized spacial score (nSPS) is 10.3. The van der Waals surface area contributed by atoms with Gasteiger partial charge in [0.05, 0.1) is 5.69 Å². The van der Waals surface area contributed by atoms with Gasteiger partial charge in [-0.3, -0.25) is 9.78 Å². The van der Waals surface area contributed by atoms with Crippen molar-refractivity contribution in [2.24, 2.45) is 7.05 Å². The molecule has 0 saturated heterocycles. The molecule has 0 radical (unpaired) electrons. The number of carbonyl (C=O) groups excluding carboxylic acids is 1. The van der Waals surface area contributed by atoms with Crippen LogP contribution in [0, 0.1) is 6.92 Å². The van der Waals surface area contributed by atoms with Gasteiger partial charge in [0.15, 0.2) is 0 Å². The maximum absolute atomic E-state index is 11.9. The van der Waals surface area contributed by atoms with Gasteiger partial charge in [-0.15, -0.1) is 0 Å². The van der Waals surface area contributed by atoms with E-state index in [1.165, 1.54) is 4.74 Å². The van der Waals surface area contributed by atoms with Crippen LogP contribution in [0.3, 0.4) is 0 Å². The second kappa shape index (κ2) is 4.87. The van der Waals surface area contributed by atoms with Crippen molar-refractivity contribution in [2.75, 3.05) is 0 Å². The Bertz CT molecular complexity index is 613. The number of pyridine rings is 1. The van der Waals surface area contributed by atoms with E-state index in [1.807, 2.05) is 6.07 Å². The molecule has 0 aliphatic rings. The minimum Gasteiger partial charge on any atom is -0.348 e. The molecule has 2 rings (SSSR count). The molecule has 0 fully saturated rings. The second-order valence-corrected chi connectivity index (χ2v) is 3.88. The maximum Gasteiger partial charge on any atom is 0.370 e. The lowest BCUT2D eigenvalue weighted by atomic mass is 10.2. The van der Waals surface area contributed by atoms with Gasteiger partial charge in [0, 0.05) is 26.0 Å². The Morgan fingerprint density at radius 3 is 2.89 bits per heavy atom. The quantitative estimate of drug-likeness (QED) is 0.862. The van der Waals surface area contributed by atoms with Crippen LogP contribution in [0.1, 0.15) is 21.6 Å². The lowest BCUT2D eigenvalue weighted by molar-refractivity contribution is 0.0948. The Hall–Kier alpha value is -2.37. The summed E-state index contributed by atoms with van der Waals surface area (Å²) in [7, 11) is 1.58. The standard InChI is InChI=1S/C12H13N3O3/c1-8-10(12(17)18-15(8)2)11(16)14-7-9-4-3-5-13-6-9/h3-6H,7H2,1-2H3,(H,14,16). The summed E-state index contributed by atoms with van der Waals surface area (Å²) >= 11 is 0. The van der Waals surface area contributed by atoms with E-state index in [4.69, 9.17) is 4.52 Å². The second-order valence-electron chi connectivity index (χ2n) is 3.88. The van der Waals surface area contributed by atoms with Gasteiger partial charge in [0.1, 0.15) is 5.56 Å². The Labute approximate surface area is 103 Å². The monoisotopic (exact) mass is 247 g/mol. The first-order chi connectivity index (χ1) is 8.59. The molecule has 2 aromatic heterocycles. The van der Waals surface area contributed by atoms with E-state index in [0.717, 1.165) is 5.56 Å². The number of carbonyl (C=O) groups is 1. The molecular formula is C12H13N3O3. The van der Waals surface area contributed by atoms with Crippen LogP contribution in [0.5, 0.6) is 0 Å². The zero-order chi connectivity index (χ0) is 13.1. The Morgan fingerprint density at radius 2 is 2.33 bits per heavy atom. The number of nitrogens with one attached hydrogen (secondary N) is 1. The van der Waals surface area contributed by atoms with Crippen molar-refractivity contribution >= 4 is 5.91 Å². The van der Waals surface area contributed by atoms with Gasteiger partial charge < -0.3 is 9.84 Å². The number of rotatable bonds is 3. The van der Waals surface area contributed by atoms with Crippen molar-refractivity contribution in [2.45, 2.75) is 13.5 Å². The lowest BCUT2D eigenvalue weighted by Gasteiger charge is -2.03. The van der Waals surface area contributed by atoms with Crippen molar-refractivity contribution < 1.29 is 9.32 Å². The predicted molar refractivity (Wildman–Crippen MR) is 64.1 cm³/mol. The molecule has 0 atom stereocenters. The molecule has 2 heterocycles. The first kappa shape index (κ1) is 12.1. The van der Waals surface area contributed by atoms with Crippen molar-refractivity contribution in [3.05, 3.63) is 51.8 Å². The Morgan fingerprint density at radius 1 is 1.56 bits per heavy atom. The maximum atomic E-state index is 11.9. The number of aromatic nitrogens is 2. The largest absolute Gasteiger partial charge is 0.370 e. The molecule has 0 aliphatic carbocycles. The molecule has 0 aliphatic heterocycles. The van der Waals surface area contributed by atoms with E-state index in [0.29, 0.717) is 12.2 Å². The predicted octanol–water partition coefficient (Wildman–Crippen LogP) is 0.612. The van der Waals surface area contributed by atoms with Gasteiger partial charge in [-0.25, -0.2) is 9.53 Å². The van der Waals surface area contributed by atoms with Crippen LogP contribution in [0.2, 0.25) is 0 Å². The van der Waals surface area contributed by atoms with Gasteiger partial charge in [-0.2, -0.15) is 0 Å². The van der Waals surface area contributed by atoms with Crippen LogP contribution in [0.15, 0.2) is 33.8 Å². The molecule has 0 spiro atoms. The highest BCUT2D eigenvalue weighted by Crippen LogP contribution is 2.03. The average Bonchev–Trinajstić information content (AvgIpc) is 2.62. The van der Waals surface area contributed by atoms with E-state index < -0.39 is 11.5 Å². The van der Waals surface area contributed by atoms with Crippen molar-refractivity contribution in [1.82, 2.24) is 15.0 Å². The number of amides is 1. The smallest absolute Gasteiger partial charge is 0.348 e. The van der Waals surface area contributed by atoms with E-state index in [1.54, 1.807) is 32.4 Å². The summed E-state index contributed by atoms with van der Waals surface area (Å²) in [6.07, 6.45) is 3.31. The summed E-state index contributed by atoms with van der Waals surface area (Å²) in [5.41, 5.74) is 0.785. The zero-order valence-electron chi connectivity index (χ0n) is 10.1. The summed E-state index contributed by atoms with van der Waals surface area (Å²) in [5, 5.41) is 2.66. The fourth-order valence-corrected chi connectivity index (χ4v) is 1.57. The van der Waals surface area contributed by atoms with Gasteiger partial charge in [-0.1, -0.05) is 6.07 Å². The third-order valence-corrected chi connectivity index (χ3v) is 2.66. The van der Waals surface area contributed by atoms with E-state index in [-0.39, 0.29) is 5.56 Å². The molecule has 18 heavy (non-hydrogen) atoms. The van der Waals surface area contributed by atoms with Crippen LogP contribution in [0.4, 0.5) is 0 Å². The number of nitrogens with zero attached hydrogens (tertiary/aromatic N) is 2. The van der Waals surface area contributed by atoms with Crippen LogP contribution in [-0.4, -0.2) is 15.6 Å². The molecule has 6 nitrogen and oxygen atoms in total. The first-order valence-corrected chi connectivity index (χ1v) is 5.43. The number of hydrogen-bond acceptors (Lipinski definition) is 4. The van der Waals surface area contributed by atoms with E-state index in [9.17, 15) is 9.59 Å². The van der Waals surface area contributed by atoms with Crippen LogP contribution >= 0.6 is 0 Å². The average molecular weight is 247 g/mol. The van der Waals surface area contributed by atoms with Crippen molar-refractivity contribution in [1.29, 1.82) is 0 Å². The van der Waals surface area contributed by atoms with Gasteiger partial charge >= 0.3 is 5.63 Å². The highest BCUT2D eigenvalue weighted by atomic mass is 16.5. The summed E-state index contributed by atoms with van der Waals surface area (Å²) in [6, 6.07) is 3.62. The molecule has 0 unspecified atom stereocenters. The van der Waals surface area contributed by atoms with E-state index >= 15 is 0 Å². The topological polar surface area (TPSA) is 77.1 Å². The van der Waals surface area contributed by atoms with Gasteiger partial charge in [0.2, 0.25) is 0 Å². The molecule has 1 amide bonds. The minimum atomic E-state index is -0.626. The van der Waals surface area contributed by atoms with E-state index in [2.05, 4.69) is 10.3 Å².